The average molecular weight is 163 g/mol. The van der Waals surface area contributed by atoms with Gasteiger partial charge in [-0.15, -0.1) is 0 Å². The van der Waals surface area contributed by atoms with Crippen molar-refractivity contribution in [1.82, 2.24) is 0 Å². The number of hydrogen-bond donors (Lipinski definition) is 1. The smallest absolute Gasteiger partial charge is 0.115 e. The highest BCUT2D eigenvalue weighted by Gasteiger charge is 2.00. The molecule has 1 rings (SSSR count). The molecule has 1 atom stereocenters. The highest BCUT2D eigenvalue weighted by molar-refractivity contribution is 5.27. The molecule has 0 fully saturated rings. The van der Waals surface area contributed by atoms with Crippen molar-refractivity contribution in [3.63, 3.8) is 0 Å². The maximum absolute atomic E-state index is 8.96. The number of azide groups is 1. The minimum Gasteiger partial charge on any atom is -0.508 e. The molecule has 0 bridgehead atoms. The number of nitrogens with zero attached hydrogens (tertiary/aromatic N) is 3. The van der Waals surface area contributed by atoms with Gasteiger partial charge in [0.05, 0.1) is 6.04 Å². The molecule has 0 saturated heterocycles. The van der Waals surface area contributed by atoms with Crippen LogP contribution < -0.4 is 0 Å². The third kappa shape index (κ3) is 1.90. The van der Waals surface area contributed by atoms with E-state index in [2.05, 4.69) is 10.0 Å². The summed E-state index contributed by atoms with van der Waals surface area (Å²) in [6.07, 6.45) is 0. The fourth-order valence-electron chi connectivity index (χ4n) is 0.897. The first-order valence-electron chi connectivity index (χ1n) is 3.57. The fraction of sp³-hybridized carbons (Fsp3) is 0.250. The van der Waals surface area contributed by atoms with Gasteiger partial charge in [-0.1, -0.05) is 24.2 Å². The highest BCUT2D eigenvalue weighted by Crippen LogP contribution is 2.19. The number of benzene rings is 1. The van der Waals surface area contributed by atoms with Crippen LogP contribution in [0, 0.1) is 0 Å². The molecule has 62 valence electrons. The van der Waals surface area contributed by atoms with E-state index in [1.165, 1.54) is 0 Å². The van der Waals surface area contributed by atoms with Gasteiger partial charge in [0.2, 0.25) is 0 Å². The van der Waals surface area contributed by atoms with E-state index in [-0.39, 0.29) is 11.8 Å². The van der Waals surface area contributed by atoms with Gasteiger partial charge in [0.1, 0.15) is 5.75 Å². The van der Waals surface area contributed by atoms with Gasteiger partial charge in [0.15, 0.2) is 0 Å². The van der Waals surface area contributed by atoms with Gasteiger partial charge >= 0.3 is 0 Å². The Morgan fingerprint density at radius 3 is 2.50 bits per heavy atom. The standard InChI is InChI=1S/C8H9N3O/c1-6(10-11-9)7-2-4-8(12)5-3-7/h2-6,12H,1H3. The lowest BCUT2D eigenvalue weighted by Gasteiger charge is -2.03. The predicted octanol–water partition coefficient (Wildman–Crippen LogP) is 2.76. The monoisotopic (exact) mass is 163 g/mol. The normalized spacial score (nSPS) is 11.8. The lowest BCUT2D eigenvalue weighted by Crippen LogP contribution is -1.86. The van der Waals surface area contributed by atoms with E-state index >= 15 is 0 Å². The Bertz CT molecular complexity index is 301. The SMILES string of the molecule is CC(N=[N+]=[N-])c1ccc(O)cc1. The maximum atomic E-state index is 8.96. The minimum atomic E-state index is -0.185. The van der Waals surface area contributed by atoms with Crippen molar-refractivity contribution in [2.24, 2.45) is 5.11 Å². The van der Waals surface area contributed by atoms with Crippen molar-refractivity contribution in [3.8, 4) is 5.75 Å². The Morgan fingerprint density at radius 1 is 1.42 bits per heavy atom. The van der Waals surface area contributed by atoms with Gasteiger partial charge in [-0.2, -0.15) is 0 Å². The van der Waals surface area contributed by atoms with Crippen LogP contribution in [0.1, 0.15) is 18.5 Å². The minimum absolute atomic E-state index is 0.185. The number of rotatable bonds is 2. The molecule has 0 radical (unpaired) electrons. The van der Waals surface area contributed by atoms with E-state index in [1.807, 2.05) is 0 Å². The predicted molar refractivity (Wildman–Crippen MR) is 45.7 cm³/mol. The highest BCUT2D eigenvalue weighted by atomic mass is 16.3. The van der Waals surface area contributed by atoms with Crippen LogP contribution in [-0.2, 0) is 0 Å². The van der Waals surface area contributed by atoms with Crippen molar-refractivity contribution >= 4 is 0 Å². The van der Waals surface area contributed by atoms with Crippen LogP contribution in [-0.4, -0.2) is 5.11 Å². The van der Waals surface area contributed by atoms with E-state index < -0.39 is 0 Å². The zero-order valence-electron chi connectivity index (χ0n) is 6.68. The number of phenolic OH excluding ortho intramolecular Hbond substituents is 1. The van der Waals surface area contributed by atoms with Gasteiger partial charge in [0, 0.05) is 4.91 Å². The third-order valence-electron chi connectivity index (χ3n) is 1.60. The molecule has 0 heterocycles. The first kappa shape index (κ1) is 8.43. The molecule has 4 nitrogen and oxygen atoms in total. The molecule has 0 spiro atoms. The summed E-state index contributed by atoms with van der Waals surface area (Å²) in [7, 11) is 0. The summed E-state index contributed by atoms with van der Waals surface area (Å²) in [5.74, 6) is 0.215. The number of hydrogen-bond acceptors (Lipinski definition) is 2. The Kier molecular flexibility index (Phi) is 2.56. The summed E-state index contributed by atoms with van der Waals surface area (Å²) < 4.78 is 0. The fourth-order valence-corrected chi connectivity index (χ4v) is 0.897. The van der Waals surface area contributed by atoms with Crippen LogP contribution >= 0.6 is 0 Å². The topological polar surface area (TPSA) is 69.0 Å². The van der Waals surface area contributed by atoms with Crippen LogP contribution in [0.15, 0.2) is 29.4 Å². The van der Waals surface area contributed by atoms with Crippen molar-refractivity contribution in [3.05, 3.63) is 40.3 Å². The lowest BCUT2D eigenvalue weighted by molar-refractivity contribution is 0.475. The second-order valence-corrected chi connectivity index (χ2v) is 2.47. The molecule has 1 unspecified atom stereocenters. The molecule has 1 N–H and O–H groups in total. The summed E-state index contributed by atoms with van der Waals surface area (Å²) in [6, 6.07) is 6.41. The zero-order chi connectivity index (χ0) is 8.97. The molecule has 0 amide bonds. The van der Waals surface area contributed by atoms with Gasteiger partial charge < -0.3 is 5.11 Å². The summed E-state index contributed by atoms with van der Waals surface area (Å²) in [6.45, 7) is 1.80. The van der Waals surface area contributed by atoms with Gasteiger partial charge in [-0.3, -0.25) is 0 Å². The summed E-state index contributed by atoms with van der Waals surface area (Å²) >= 11 is 0. The Morgan fingerprint density at radius 2 is 2.00 bits per heavy atom. The van der Waals surface area contributed by atoms with Gasteiger partial charge in [-0.25, -0.2) is 0 Å². The van der Waals surface area contributed by atoms with E-state index in [4.69, 9.17) is 10.6 Å². The molecule has 0 aromatic heterocycles. The average Bonchev–Trinajstić information content (AvgIpc) is 2.06. The van der Waals surface area contributed by atoms with E-state index in [0.717, 1.165) is 5.56 Å². The van der Waals surface area contributed by atoms with Crippen LogP contribution in [0.3, 0.4) is 0 Å². The van der Waals surface area contributed by atoms with Crippen LogP contribution in [0.2, 0.25) is 0 Å². The molecule has 12 heavy (non-hydrogen) atoms. The zero-order valence-corrected chi connectivity index (χ0v) is 6.68. The van der Waals surface area contributed by atoms with Crippen molar-refractivity contribution in [1.29, 1.82) is 0 Å². The Balaban J connectivity index is 2.89. The quantitative estimate of drug-likeness (QED) is 0.406. The summed E-state index contributed by atoms with van der Waals surface area (Å²) in [4.78, 5) is 2.70. The van der Waals surface area contributed by atoms with E-state index in [0.29, 0.717) is 0 Å². The van der Waals surface area contributed by atoms with Crippen molar-refractivity contribution in [2.45, 2.75) is 13.0 Å². The molecular formula is C8H9N3O. The second kappa shape index (κ2) is 3.64. The van der Waals surface area contributed by atoms with Gasteiger partial charge in [0.25, 0.3) is 0 Å². The molecule has 1 aromatic carbocycles. The molecule has 4 heteroatoms. The molecule has 0 aliphatic carbocycles. The van der Waals surface area contributed by atoms with Crippen LogP contribution in [0.25, 0.3) is 10.4 Å². The molecule has 0 aliphatic rings. The molecule has 1 aromatic rings. The number of phenols is 1. The summed E-state index contributed by atoms with van der Waals surface area (Å²) in [5.41, 5.74) is 9.06. The molecule has 0 saturated carbocycles. The Labute approximate surface area is 70.1 Å². The van der Waals surface area contributed by atoms with Crippen LogP contribution in [0.5, 0.6) is 5.75 Å². The Hall–Kier alpha value is -1.67. The third-order valence-corrected chi connectivity index (χ3v) is 1.60. The van der Waals surface area contributed by atoms with Gasteiger partial charge in [-0.05, 0) is 23.2 Å². The van der Waals surface area contributed by atoms with Crippen LogP contribution in [0.4, 0.5) is 0 Å². The van der Waals surface area contributed by atoms with E-state index in [9.17, 15) is 0 Å². The second-order valence-electron chi connectivity index (χ2n) is 2.47. The van der Waals surface area contributed by atoms with E-state index in [1.54, 1.807) is 31.2 Å². The first-order valence-corrected chi connectivity index (χ1v) is 3.57. The van der Waals surface area contributed by atoms with Crippen molar-refractivity contribution in [2.75, 3.05) is 0 Å². The lowest BCUT2D eigenvalue weighted by atomic mass is 10.1. The first-order chi connectivity index (χ1) is 5.74. The summed E-state index contributed by atoms with van der Waals surface area (Å²) in [5, 5.41) is 12.5. The molecule has 0 aliphatic heterocycles. The molecular weight excluding hydrogens is 154 g/mol. The maximum Gasteiger partial charge on any atom is 0.115 e. The number of aromatic hydroxyl groups is 1. The van der Waals surface area contributed by atoms with Crippen molar-refractivity contribution < 1.29 is 5.11 Å². The largest absolute Gasteiger partial charge is 0.508 e.